The Kier molecular flexibility index (Phi) is 8.23. The van der Waals surface area contributed by atoms with E-state index in [2.05, 4.69) is 21.7 Å². The van der Waals surface area contributed by atoms with Gasteiger partial charge in [-0.15, -0.1) is 0 Å². The molecule has 0 saturated carbocycles. The van der Waals surface area contributed by atoms with Crippen LogP contribution in [0.2, 0.25) is 0 Å². The number of halogens is 3. The van der Waals surface area contributed by atoms with Gasteiger partial charge in [0.1, 0.15) is 0 Å². The van der Waals surface area contributed by atoms with Crippen molar-refractivity contribution >= 4 is 5.96 Å². The second-order valence-electron chi connectivity index (χ2n) is 5.36. The molecule has 0 heterocycles. The lowest BCUT2D eigenvalue weighted by Gasteiger charge is -2.15. The highest BCUT2D eigenvalue weighted by Gasteiger charge is 2.25. The maximum atomic E-state index is 12.0. The Labute approximate surface area is 125 Å². The Balaban J connectivity index is 2.07. The molecule has 0 aromatic rings. The number of guanidine groups is 1. The molecule has 0 aromatic carbocycles. The molecule has 21 heavy (non-hydrogen) atoms. The Hall–Kier alpha value is -1.20. The highest BCUT2D eigenvalue weighted by atomic mass is 19.4. The molecule has 6 heteroatoms. The number of allylic oxidation sites excluding steroid dienone is 1. The van der Waals surface area contributed by atoms with E-state index in [9.17, 15) is 13.2 Å². The summed E-state index contributed by atoms with van der Waals surface area (Å²) in [7, 11) is 1.67. The first-order chi connectivity index (χ1) is 10.0. The number of rotatable bonds is 7. The first-order valence-electron chi connectivity index (χ1n) is 7.70. The van der Waals surface area contributed by atoms with Gasteiger partial charge in [-0.05, 0) is 44.9 Å². The minimum atomic E-state index is -4.05. The van der Waals surface area contributed by atoms with Crippen LogP contribution < -0.4 is 10.6 Å². The topological polar surface area (TPSA) is 36.4 Å². The first kappa shape index (κ1) is 17.9. The zero-order valence-electron chi connectivity index (χ0n) is 12.7. The maximum absolute atomic E-state index is 12.0. The summed E-state index contributed by atoms with van der Waals surface area (Å²) in [6.45, 7) is 1.33. The van der Waals surface area contributed by atoms with Gasteiger partial charge in [0.25, 0.3) is 0 Å². The second-order valence-corrected chi connectivity index (χ2v) is 5.36. The molecule has 0 unspecified atom stereocenters. The van der Waals surface area contributed by atoms with Crippen molar-refractivity contribution in [3.63, 3.8) is 0 Å². The van der Waals surface area contributed by atoms with Crippen LogP contribution in [0.1, 0.15) is 51.4 Å². The molecule has 1 rings (SSSR count). The molecule has 1 aliphatic carbocycles. The smallest absolute Gasteiger partial charge is 0.356 e. The van der Waals surface area contributed by atoms with Crippen molar-refractivity contribution in [3.05, 3.63) is 11.6 Å². The van der Waals surface area contributed by atoms with Gasteiger partial charge in [-0.1, -0.05) is 11.6 Å². The summed E-state index contributed by atoms with van der Waals surface area (Å²) in [6, 6.07) is 0. The van der Waals surface area contributed by atoms with Gasteiger partial charge in [-0.3, -0.25) is 4.99 Å². The van der Waals surface area contributed by atoms with Crippen LogP contribution in [-0.2, 0) is 0 Å². The quantitative estimate of drug-likeness (QED) is 0.325. The summed E-state index contributed by atoms with van der Waals surface area (Å²) in [4.78, 5) is 4.07. The van der Waals surface area contributed by atoms with E-state index in [1.165, 1.54) is 31.3 Å². The van der Waals surface area contributed by atoms with Crippen molar-refractivity contribution in [1.82, 2.24) is 10.6 Å². The van der Waals surface area contributed by atoms with Gasteiger partial charge >= 0.3 is 6.18 Å². The van der Waals surface area contributed by atoms with Gasteiger partial charge in [0.05, 0.1) is 0 Å². The Morgan fingerprint density at radius 3 is 2.57 bits per heavy atom. The molecular formula is C15H26F3N3. The van der Waals surface area contributed by atoms with Gasteiger partial charge in [-0.2, -0.15) is 13.2 Å². The Morgan fingerprint density at radius 1 is 1.19 bits per heavy atom. The molecule has 0 radical (unpaired) electrons. The molecule has 3 nitrogen and oxygen atoms in total. The van der Waals surface area contributed by atoms with E-state index in [1.54, 1.807) is 7.05 Å². The van der Waals surface area contributed by atoms with Crippen molar-refractivity contribution in [2.45, 2.75) is 57.5 Å². The molecule has 0 spiro atoms. The fourth-order valence-corrected chi connectivity index (χ4v) is 2.35. The Morgan fingerprint density at radius 2 is 1.95 bits per heavy atom. The summed E-state index contributed by atoms with van der Waals surface area (Å²) in [5, 5.41) is 6.25. The van der Waals surface area contributed by atoms with Crippen molar-refractivity contribution in [2.24, 2.45) is 4.99 Å². The summed E-state index contributed by atoms with van der Waals surface area (Å²) in [5.41, 5.74) is 1.49. The van der Waals surface area contributed by atoms with Crippen molar-refractivity contribution in [1.29, 1.82) is 0 Å². The van der Waals surface area contributed by atoms with Gasteiger partial charge in [0.2, 0.25) is 0 Å². The van der Waals surface area contributed by atoms with E-state index in [-0.39, 0.29) is 6.42 Å². The number of hydrogen-bond donors (Lipinski definition) is 2. The Bertz CT molecular complexity index is 349. The number of aliphatic imine (C=N–C) groups is 1. The lowest BCUT2D eigenvalue weighted by atomic mass is 9.97. The zero-order valence-corrected chi connectivity index (χ0v) is 12.7. The van der Waals surface area contributed by atoms with Crippen LogP contribution in [0.25, 0.3) is 0 Å². The normalized spacial score (nSPS) is 16.6. The van der Waals surface area contributed by atoms with Crippen LogP contribution in [0, 0.1) is 0 Å². The third kappa shape index (κ3) is 9.37. The molecule has 1 aliphatic rings. The summed E-state index contributed by atoms with van der Waals surface area (Å²) in [5.74, 6) is 0.665. The molecule has 0 amide bonds. The van der Waals surface area contributed by atoms with Crippen LogP contribution in [0.3, 0.4) is 0 Å². The van der Waals surface area contributed by atoms with Crippen molar-refractivity contribution in [3.8, 4) is 0 Å². The monoisotopic (exact) mass is 305 g/mol. The first-order valence-corrected chi connectivity index (χ1v) is 7.70. The fourth-order valence-electron chi connectivity index (χ4n) is 2.35. The SMILES string of the molecule is CN=C(NCCCCC(F)(F)F)NCCC1=CCCCC1. The fraction of sp³-hybridized carbons (Fsp3) is 0.800. The van der Waals surface area contributed by atoms with E-state index in [0.29, 0.717) is 18.9 Å². The lowest BCUT2D eigenvalue weighted by molar-refractivity contribution is -0.135. The minimum absolute atomic E-state index is 0.153. The molecule has 122 valence electrons. The van der Waals surface area contributed by atoms with Gasteiger partial charge in [-0.25, -0.2) is 0 Å². The van der Waals surface area contributed by atoms with E-state index < -0.39 is 12.6 Å². The predicted molar refractivity (Wildman–Crippen MR) is 80.4 cm³/mol. The summed E-state index contributed by atoms with van der Waals surface area (Å²) >= 11 is 0. The van der Waals surface area contributed by atoms with Crippen molar-refractivity contribution < 1.29 is 13.2 Å². The number of nitrogens with one attached hydrogen (secondary N) is 2. The summed E-state index contributed by atoms with van der Waals surface area (Å²) < 4.78 is 36.0. The van der Waals surface area contributed by atoms with Crippen LogP contribution in [-0.4, -0.2) is 32.3 Å². The standard InChI is InChI=1S/C15H26F3N3/c1-19-14(20-11-6-5-10-15(16,17)18)21-12-9-13-7-3-2-4-8-13/h7H,2-6,8-12H2,1H3,(H2,19,20,21). The van der Waals surface area contributed by atoms with Crippen LogP contribution in [0.4, 0.5) is 13.2 Å². The maximum Gasteiger partial charge on any atom is 0.389 e. The molecule has 0 saturated heterocycles. The average molecular weight is 305 g/mol. The second kappa shape index (κ2) is 9.68. The van der Waals surface area contributed by atoms with Gasteiger partial charge in [0, 0.05) is 26.6 Å². The molecular weight excluding hydrogens is 279 g/mol. The van der Waals surface area contributed by atoms with E-state index in [1.807, 2.05) is 0 Å². The number of hydrogen-bond acceptors (Lipinski definition) is 1. The third-order valence-corrected chi connectivity index (χ3v) is 3.53. The summed E-state index contributed by atoms with van der Waals surface area (Å²) in [6.07, 6.45) is 4.14. The predicted octanol–water partition coefficient (Wildman–Crippen LogP) is 3.77. The molecule has 0 aliphatic heterocycles. The van der Waals surface area contributed by atoms with Crippen molar-refractivity contribution in [2.75, 3.05) is 20.1 Å². The van der Waals surface area contributed by atoms with Gasteiger partial charge in [0.15, 0.2) is 5.96 Å². The zero-order chi connectivity index (χ0) is 15.6. The highest BCUT2D eigenvalue weighted by Crippen LogP contribution is 2.21. The molecule has 0 atom stereocenters. The highest BCUT2D eigenvalue weighted by molar-refractivity contribution is 5.79. The molecule has 0 bridgehead atoms. The number of alkyl halides is 3. The van der Waals surface area contributed by atoms with E-state index >= 15 is 0 Å². The molecule has 0 aromatic heterocycles. The van der Waals surface area contributed by atoms with Gasteiger partial charge < -0.3 is 10.6 Å². The van der Waals surface area contributed by atoms with Crippen LogP contribution in [0.5, 0.6) is 0 Å². The molecule has 0 fully saturated rings. The lowest BCUT2D eigenvalue weighted by Crippen LogP contribution is -2.38. The van der Waals surface area contributed by atoms with E-state index in [4.69, 9.17) is 0 Å². The average Bonchev–Trinajstić information content (AvgIpc) is 2.45. The largest absolute Gasteiger partial charge is 0.389 e. The van der Waals surface area contributed by atoms with Crippen LogP contribution in [0.15, 0.2) is 16.6 Å². The van der Waals surface area contributed by atoms with E-state index in [0.717, 1.165) is 13.0 Å². The number of nitrogens with zero attached hydrogens (tertiary/aromatic N) is 1. The number of unbranched alkanes of at least 4 members (excludes halogenated alkanes) is 1. The minimum Gasteiger partial charge on any atom is -0.356 e. The molecule has 2 N–H and O–H groups in total. The third-order valence-electron chi connectivity index (χ3n) is 3.53. The van der Waals surface area contributed by atoms with Crippen LogP contribution >= 0.6 is 0 Å².